The van der Waals surface area contributed by atoms with E-state index >= 15 is 0 Å². The third kappa shape index (κ3) is 3.49. The third-order valence-corrected chi connectivity index (χ3v) is 3.21. The third-order valence-electron chi connectivity index (χ3n) is 3.21. The molecule has 0 N–H and O–H groups in total. The van der Waals surface area contributed by atoms with Gasteiger partial charge in [0.05, 0.1) is 12.0 Å². The molecule has 0 saturated heterocycles. The smallest absolute Gasteiger partial charge is 0.269 e. The molecule has 0 aliphatic rings. The lowest BCUT2D eigenvalue weighted by Gasteiger charge is -2.02. The van der Waals surface area contributed by atoms with Gasteiger partial charge in [-0.25, -0.2) is 0 Å². The summed E-state index contributed by atoms with van der Waals surface area (Å²) in [5.41, 5.74) is 0.770. The molecule has 2 aromatic carbocycles. The molecule has 8 nitrogen and oxygen atoms in total. The average Bonchev–Trinajstić information content (AvgIpc) is 3.09. The molecule has 1 aromatic heterocycles. The van der Waals surface area contributed by atoms with E-state index in [-0.39, 0.29) is 12.3 Å². The van der Waals surface area contributed by atoms with Gasteiger partial charge in [0.15, 0.2) is 6.61 Å². The summed E-state index contributed by atoms with van der Waals surface area (Å²) < 4.78 is 16.1. The number of nitro benzene ring substituents is 1. The van der Waals surface area contributed by atoms with Gasteiger partial charge in [0.1, 0.15) is 11.5 Å². The number of nitrogens with zero attached hydrogens (tertiary/aromatic N) is 3. The van der Waals surface area contributed by atoms with Gasteiger partial charge >= 0.3 is 0 Å². The van der Waals surface area contributed by atoms with Crippen molar-refractivity contribution < 1.29 is 18.8 Å². The van der Waals surface area contributed by atoms with Gasteiger partial charge in [-0.1, -0.05) is 0 Å². The lowest BCUT2D eigenvalue weighted by Crippen LogP contribution is -1.96. The quantitative estimate of drug-likeness (QED) is 0.506. The molecule has 122 valence electrons. The summed E-state index contributed by atoms with van der Waals surface area (Å²) >= 11 is 0. The Balaban J connectivity index is 1.64. The Bertz CT molecular complexity index is 828. The van der Waals surface area contributed by atoms with Crippen LogP contribution in [0.1, 0.15) is 5.89 Å². The molecule has 8 heteroatoms. The molecular weight excluding hydrogens is 314 g/mol. The fourth-order valence-electron chi connectivity index (χ4n) is 1.97. The van der Waals surface area contributed by atoms with Crippen molar-refractivity contribution in [2.45, 2.75) is 6.61 Å². The number of ether oxygens (including phenoxy) is 2. The highest BCUT2D eigenvalue weighted by molar-refractivity contribution is 5.53. The molecule has 0 amide bonds. The maximum atomic E-state index is 10.6. The topological polar surface area (TPSA) is 101 Å². The van der Waals surface area contributed by atoms with Gasteiger partial charge in [0, 0.05) is 17.7 Å². The van der Waals surface area contributed by atoms with Crippen molar-refractivity contribution >= 4 is 5.69 Å². The minimum Gasteiger partial charge on any atom is -0.497 e. The van der Waals surface area contributed by atoms with Crippen molar-refractivity contribution in [2.75, 3.05) is 7.11 Å². The Labute approximate surface area is 136 Å². The van der Waals surface area contributed by atoms with Gasteiger partial charge in [-0.2, -0.15) is 0 Å². The Kier molecular flexibility index (Phi) is 4.37. The molecule has 0 aliphatic carbocycles. The molecule has 0 bridgehead atoms. The fraction of sp³-hybridized carbons (Fsp3) is 0.125. The Morgan fingerprint density at radius 2 is 1.71 bits per heavy atom. The zero-order chi connectivity index (χ0) is 16.9. The first kappa shape index (κ1) is 15.5. The number of benzene rings is 2. The van der Waals surface area contributed by atoms with Crippen LogP contribution in [-0.2, 0) is 6.61 Å². The molecule has 24 heavy (non-hydrogen) atoms. The monoisotopic (exact) mass is 327 g/mol. The van der Waals surface area contributed by atoms with E-state index in [1.165, 1.54) is 24.3 Å². The minimum absolute atomic E-state index is 0.00179. The summed E-state index contributed by atoms with van der Waals surface area (Å²) in [4.78, 5) is 10.1. The Morgan fingerprint density at radius 3 is 2.33 bits per heavy atom. The van der Waals surface area contributed by atoms with Crippen LogP contribution in [0.4, 0.5) is 5.69 Å². The molecule has 0 aliphatic heterocycles. The van der Waals surface area contributed by atoms with Crippen molar-refractivity contribution in [2.24, 2.45) is 0 Å². The van der Waals surface area contributed by atoms with Gasteiger partial charge in [-0.3, -0.25) is 10.1 Å². The van der Waals surface area contributed by atoms with E-state index < -0.39 is 4.92 Å². The van der Waals surface area contributed by atoms with Crippen LogP contribution < -0.4 is 9.47 Å². The van der Waals surface area contributed by atoms with Gasteiger partial charge in [0.2, 0.25) is 5.89 Å². The molecule has 1 heterocycles. The first-order valence-corrected chi connectivity index (χ1v) is 7.00. The lowest BCUT2D eigenvalue weighted by atomic mass is 10.2. The summed E-state index contributed by atoms with van der Waals surface area (Å²) in [5, 5.41) is 18.5. The van der Waals surface area contributed by atoms with Crippen LogP contribution >= 0.6 is 0 Å². The lowest BCUT2D eigenvalue weighted by molar-refractivity contribution is -0.384. The van der Waals surface area contributed by atoms with Crippen LogP contribution in [0.15, 0.2) is 52.9 Å². The molecule has 0 spiro atoms. The maximum absolute atomic E-state index is 10.6. The second kappa shape index (κ2) is 6.78. The van der Waals surface area contributed by atoms with Crippen molar-refractivity contribution in [1.82, 2.24) is 10.2 Å². The number of non-ortho nitro benzene ring substituents is 1. The van der Waals surface area contributed by atoms with Crippen molar-refractivity contribution in [3.63, 3.8) is 0 Å². The highest BCUT2D eigenvalue weighted by atomic mass is 16.6. The summed E-state index contributed by atoms with van der Waals surface area (Å²) in [6, 6.07) is 13.0. The van der Waals surface area contributed by atoms with E-state index in [9.17, 15) is 10.1 Å². The largest absolute Gasteiger partial charge is 0.497 e. The van der Waals surface area contributed by atoms with E-state index in [4.69, 9.17) is 13.9 Å². The predicted molar refractivity (Wildman–Crippen MR) is 83.7 cm³/mol. The van der Waals surface area contributed by atoms with E-state index in [0.29, 0.717) is 17.5 Å². The molecule has 0 radical (unpaired) electrons. The number of rotatable bonds is 6. The van der Waals surface area contributed by atoms with E-state index in [2.05, 4.69) is 10.2 Å². The molecule has 3 rings (SSSR count). The van der Waals surface area contributed by atoms with Crippen molar-refractivity contribution in [3.05, 3.63) is 64.5 Å². The molecule has 0 saturated carbocycles. The van der Waals surface area contributed by atoms with Crippen LogP contribution in [-0.4, -0.2) is 22.2 Å². The first-order valence-electron chi connectivity index (χ1n) is 7.00. The average molecular weight is 327 g/mol. The predicted octanol–water partition coefficient (Wildman–Crippen LogP) is 3.23. The first-order chi connectivity index (χ1) is 11.7. The van der Waals surface area contributed by atoms with Crippen molar-refractivity contribution in [1.29, 1.82) is 0 Å². The molecule has 0 unspecified atom stereocenters. The fourth-order valence-corrected chi connectivity index (χ4v) is 1.97. The zero-order valence-corrected chi connectivity index (χ0v) is 12.7. The number of hydrogen-bond donors (Lipinski definition) is 0. The van der Waals surface area contributed by atoms with Gasteiger partial charge in [0.25, 0.3) is 11.6 Å². The van der Waals surface area contributed by atoms with Crippen molar-refractivity contribution in [3.8, 4) is 23.0 Å². The molecule has 0 fully saturated rings. The van der Waals surface area contributed by atoms with Gasteiger partial charge < -0.3 is 13.9 Å². The summed E-state index contributed by atoms with van der Waals surface area (Å²) in [6.45, 7) is 0.0704. The minimum atomic E-state index is -0.469. The SMILES string of the molecule is COc1ccc(-c2nnc(COc3ccc([N+](=O)[O-])cc3)o2)cc1. The molecular formula is C16H13N3O5. The van der Waals surface area contributed by atoms with Crippen LogP contribution in [0, 0.1) is 10.1 Å². The number of hydrogen-bond acceptors (Lipinski definition) is 7. The highest BCUT2D eigenvalue weighted by Gasteiger charge is 2.10. The number of aromatic nitrogens is 2. The van der Waals surface area contributed by atoms with Crippen LogP contribution in [0.5, 0.6) is 11.5 Å². The number of methoxy groups -OCH3 is 1. The standard InChI is InChI=1S/C16H13N3O5/c1-22-13-6-2-11(3-7-13)16-18-17-15(24-16)10-23-14-8-4-12(5-9-14)19(20)21/h2-9H,10H2,1H3. The van der Waals surface area contributed by atoms with Gasteiger partial charge in [-0.15, -0.1) is 10.2 Å². The second-order valence-corrected chi connectivity index (χ2v) is 4.77. The van der Waals surface area contributed by atoms with E-state index in [0.717, 1.165) is 11.3 Å². The molecule has 0 atom stereocenters. The van der Waals surface area contributed by atoms with Gasteiger partial charge in [-0.05, 0) is 36.4 Å². The maximum Gasteiger partial charge on any atom is 0.269 e. The van der Waals surface area contributed by atoms with Crippen LogP contribution in [0.2, 0.25) is 0 Å². The van der Waals surface area contributed by atoms with Crippen LogP contribution in [0.25, 0.3) is 11.5 Å². The second-order valence-electron chi connectivity index (χ2n) is 4.77. The summed E-state index contributed by atoms with van der Waals surface area (Å²) in [6.07, 6.45) is 0. The molecule has 3 aromatic rings. The highest BCUT2D eigenvalue weighted by Crippen LogP contribution is 2.22. The summed E-state index contributed by atoms with van der Waals surface area (Å²) in [7, 11) is 1.59. The zero-order valence-electron chi connectivity index (χ0n) is 12.7. The normalized spacial score (nSPS) is 10.4. The number of nitro groups is 1. The van der Waals surface area contributed by atoms with E-state index in [1.807, 2.05) is 12.1 Å². The Morgan fingerprint density at radius 1 is 1.04 bits per heavy atom. The summed E-state index contributed by atoms with van der Waals surface area (Å²) in [5.74, 6) is 1.89. The van der Waals surface area contributed by atoms with Crippen LogP contribution in [0.3, 0.4) is 0 Å². The van der Waals surface area contributed by atoms with E-state index in [1.54, 1.807) is 19.2 Å². The Hall–Kier alpha value is -3.42.